The number of benzene rings is 1. The molecule has 5 heteroatoms. The van der Waals surface area contributed by atoms with Crippen molar-refractivity contribution in [1.29, 1.82) is 0 Å². The molecule has 0 aliphatic carbocycles. The lowest BCUT2D eigenvalue weighted by molar-refractivity contribution is 0.0359. The van der Waals surface area contributed by atoms with Crippen LogP contribution in [-0.4, -0.2) is 52.7 Å². The Morgan fingerprint density at radius 3 is 2.68 bits per heavy atom. The number of hydrogen-bond donors (Lipinski definition) is 0. The van der Waals surface area contributed by atoms with Gasteiger partial charge in [0.25, 0.3) is 0 Å². The van der Waals surface area contributed by atoms with Gasteiger partial charge >= 0.3 is 0 Å². The lowest BCUT2D eigenvalue weighted by atomic mass is 9.97. The third kappa shape index (κ3) is 4.15. The van der Waals surface area contributed by atoms with Crippen LogP contribution in [0.3, 0.4) is 0 Å². The molecule has 1 atom stereocenters. The average Bonchev–Trinajstić information content (AvgIpc) is 3.02. The van der Waals surface area contributed by atoms with Gasteiger partial charge in [0.05, 0.1) is 25.5 Å². The van der Waals surface area contributed by atoms with Gasteiger partial charge in [-0.05, 0) is 17.9 Å². The zero-order valence-corrected chi connectivity index (χ0v) is 13.2. The Morgan fingerprint density at radius 2 is 1.91 bits per heavy atom. The molecule has 2 aromatic rings. The van der Waals surface area contributed by atoms with Crippen LogP contribution in [0, 0.1) is 0 Å². The molecule has 0 saturated carbocycles. The van der Waals surface area contributed by atoms with Gasteiger partial charge < -0.3 is 4.74 Å². The molecule has 2 heterocycles. The van der Waals surface area contributed by atoms with Crippen molar-refractivity contribution < 1.29 is 4.74 Å². The summed E-state index contributed by atoms with van der Waals surface area (Å²) in [5, 5.41) is 8.57. The Balaban J connectivity index is 1.50. The van der Waals surface area contributed by atoms with Crippen LogP contribution in [0.25, 0.3) is 0 Å². The molecule has 5 nitrogen and oxygen atoms in total. The van der Waals surface area contributed by atoms with Crippen molar-refractivity contribution in [1.82, 2.24) is 19.9 Å². The Hall–Kier alpha value is -1.72. The van der Waals surface area contributed by atoms with Crippen LogP contribution in [-0.2, 0) is 17.7 Å². The number of hydrogen-bond acceptors (Lipinski definition) is 4. The number of morpholine rings is 1. The van der Waals surface area contributed by atoms with E-state index in [9.17, 15) is 0 Å². The van der Waals surface area contributed by atoms with Gasteiger partial charge in [-0.1, -0.05) is 42.5 Å². The predicted octanol–water partition coefficient (Wildman–Crippen LogP) is 1.96. The highest BCUT2D eigenvalue weighted by molar-refractivity contribution is 5.20. The van der Waals surface area contributed by atoms with Crippen LogP contribution in [0.1, 0.15) is 24.1 Å². The van der Waals surface area contributed by atoms with Crippen LogP contribution in [0.15, 0.2) is 36.5 Å². The minimum atomic E-state index is 0.464. The summed E-state index contributed by atoms with van der Waals surface area (Å²) < 4.78 is 7.33. The molecule has 3 rings (SSSR count). The minimum Gasteiger partial charge on any atom is -0.379 e. The Morgan fingerprint density at radius 1 is 1.14 bits per heavy atom. The standard InChI is InChI=1S/C17H24N4O/c1-15(16-5-3-2-4-6-16)13-17-14-21(19-18-17)8-7-20-9-11-22-12-10-20/h2-6,14-15H,7-13H2,1H3/t15-/m0/s1. The summed E-state index contributed by atoms with van der Waals surface area (Å²) in [6, 6.07) is 10.6. The molecule has 0 unspecified atom stereocenters. The van der Waals surface area contributed by atoms with Crippen LogP contribution in [0.5, 0.6) is 0 Å². The number of nitrogens with zero attached hydrogens (tertiary/aromatic N) is 4. The number of aromatic nitrogens is 3. The molecule has 0 spiro atoms. The van der Waals surface area contributed by atoms with Gasteiger partial charge in [0.15, 0.2) is 0 Å². The summed E-state index contributed by atoms with van der Waals surface area (Å²) in [6.07, 6.45) is 3.02. The molecular formula is C17H24N4O. The van der Waals surface area contributed by atoms with Crippen molar-refractivity contribution in [3.8, 4) is 0 Å². The Bertz CT molecular complexity index is 563. The fourth-order valence-electron chi connectivity index (χ4n) is 2.82. The van der Waals surface area contributed by atoms with Crippen molar-refractivity contribution in [2.75, 3.05) is 32.8 Å². The molecule has 0 amide bonds. The van der Waals surface area contributed by atoms with Crippen molar-refractivity contribution in [3.63, 3.8) is 0 Å². The zero-order valence-electron chi connectivity index (χ0n) is 13.2. The predicted molar refractivity (Wildman–Crippen MR) is 85.8 cm³/mol. The van der Waals surface area contributed by atoms with Crippen LogP contribution >= 0.6 is 0 Å². The highest BCUT2D eigenvalue weighted by atomic mass is 16.5. The van der Waals surface area contributed by atoms with Crippen molar-refractivity contribution in [3.05, 3.63) is 47.8 Å². The third-order valence-corrected chi connectivity index (χ3v) is 4.22. The second-order valence-corrected chi connectivity index (χ2v) is 5.94. The average molecular weight is 300 g/mol. The van der Waals surface area contributed by atoms with E-state index in [0.29, 0.717) is 5.92 Å². The highest BCUT2D eigenvalue weighted by Gasteiger charge is 2.12. The first-order chi connectivity index (χ1) is 10.8. The molecule has 1 aromatic heterocycles. The van der Waals surface area contributed by atoms with Gasteiger partial charge in [-0.3, -0.25) is 9.58 Å². The van der Waals surface area contributed by atoms with Crippen molar-refractivity contribution in [2.45, 2.75) is 25.8 Å². The molecule has 1 aliphatic rings. The summed E-state index contributed by atoms with van der Waals surface area (Å²) in [7, 11) is 0. The maximum Gasteiger partial charge on any atom is 0.0833 e. The molecule has 1 saturated heterocycles. The van der Waals surface area contributed by atoms with E-state index in [4.69, 9.17) is 4.74 Å². The molecule has 1 aromatic carbocycles. The smallest absolute Gasteiger partial charge is 0.0833 e. The first-order valence-corrected chi connectivity index (χ1v) is 8.05. The minimum absolute atomic E-state index is 0.464. The third-order valence-electron chi connectivity index (χ3n) is 4.22. The van der Waals surface area contributed by atoms with E-state index in [0.717, 1.165) is 51.5 Å². The lowest BCUT2D eigenvalue weighted by Crippen LogP contribution is -2.38. The van der Waals surface area contributed by atoms with Crippen LogP contribution < -0.4 is 0 Å². The summed E-state index contributed by atoms with van der Waals surface area (Å²) in [6.45, 7) is 7.88. The molecular weight excluding hydrogens is 276 g/mol. The van der Waals surface area contributed by atoms with Gasteiger partial charge in [0, 0.05) is 25.8 Å². The van der Waals surface area contributed by atoms with E-state index in [1.165, 1.54) is 5.56 Å². The first-order valence-electron chi connectivity index (χ1n) is 8.05. The van der Waals surface area contributed by atoms with Gasteiger partial charge in [-0.2, -0.15) is 0 Å². The van der Waals surface area contributed by atoms with Gasteiger partial charge in [0.2, 0.25) is 0 Å². The summed E-state index contributed by atoms with van der Waals surface area (Å²) in [5.41, 5.74) is 2.42. The van der Waals surface area contributed by atoms with E-state index < -0.39 is 0 Å². The van der Waals surface area contributed by atoms with E-state index in [1.54, 1.807) is 0 Å². The topological polar surface area (TPSA) is 43.2 Å². The Labute approximate surface area is 131 Å². The maximum absolute atomic E-state index is 5.37. The molecule has 22 heavy (non-hydrogen) atoms. The molecule has 1 aliphatic heterocycles. The number of rotatable bonds is 6. The van der Waals surface area contributed by atoms with E-state index >= 15 is 0 Å². The van der Waals surface area contributed by atoms with E-state index in [2.05, 4.69) is 58.7 Å². The first kappa shape index (κ1) is 15.2. The molecule has 0 radical (unpaired) electrons. The summed E-state index contributed by atoms with van der Waals surface area (Å²) in [5.74, 6) is 0.464. The molecule has 1 fully saturated rings. The maximum atomic E-state index is 5.37. The SMILES string of the molecule is C[C@@H](Cc1cn(CCN2CCOCC2)nn1)c1ccccc1. The fourth-order valence-corrected chi connectivity index (χ4v) is 2.82. The second kappa shape index (κ2) is 7.51. The quantitative estimate of drug-likeness (QED) is 0.818. The lowest BCUT2D eigenvalue weighted by Gasteiger charge is -2.26. The molecule has 0 N–H and O–H groups in total. The zero-order chi connectivity index (χ0) is 15.2. The van der Waals surface area contributed by atoms with E-state index in [-0.39, 0.29) is 0 Å². The van der Waals surface area contributed by atoms with E-state index in [1.807, 2.05) is 4.68 Å². The number of ether oxygens (including phenoxy) is 1. The molecule has 0 bridgehead atoms. The largest absolute Gasteiger partial charge is 0.379 e. The van der Waals surface area contributed by atoms with Crippen LogP contribution in [0.4, 0.5) is 0 Å². The van der Waals surface area contributed by atoms with Gasteiger partial charge in [-0.25, -0.2) is 0 Å². The van der Waals surface area contributed by atoms with Crippen LogP contribution in [0.2, 0.25) is 0 Å². The highest BCUT2D eigenvalue weighted by Crippen LogP contribution is 2.18. The normalized spacial score (nSPS) is 17.5. The van der Waals surface area contributed by atoms with Crippen molar-refractivity contribution >= 4 is 0 Å². The fraction of sp³-hybridized carbons (Fsp3) is 0.529. The van der Waals surface area contributed by atoms with Crippen molar-refractivity contribution in [2.24, 2.45) is 0 Å². The molecule has 118 valence electrons. The summed E-state index contributed by atoms with van der Waals surface area (Å²) >= 11 is 0. The second-order valence-electron chi connectivity index (χ2n) is 5.94. The van der Waals surface area contributed by atoms with Gasteiger partial charge in [0.1, 0.15) is 0 Å². The summed E-state index contributed by atoms with van der Waals surface area (Å²) in [4.78, 5) is 2.41. The van der Waals surface area contributed by atoms with Gasteiger partial charge in [-0.15, -0.1) is 5.10 Å². The Kier molecular flexibility index (Phi) is 5.19. The monoisotopic (exact) mass is 300 g/mol.